The molecule has 36 heavy (non-hydrogen) atoms. The predicted molar refractivity (Wildman–Crippen MR) is 142 cm³/mol. The van der Waals surface area contributed by atoms with Gasteiger partial charge in [-0.25, -0.2) is 9.97 Å². The lowest BCUT2D eigenvalue weighted by atomic mass is 9.80. The number of fused-ring (bicyclic) bond motifs is 1. The van der Waals surface area contributed by atoms with E-state index in [1.54, 1.807) is 0 Å². The molecule has 3 aliphatic rings. The van der Waals surface area contributed by atoms with Crippen LogP contribution >= 0.6 is 0 Å². The number of aromatic amines is 1. The summed E-state index contributed by atoms with van der Waals surface area (Å²) in [4.78, 5) is 31.9. The molecule has 1 unspecified atom stereocenters. The summed E-state index contributed by atoms with van der Waals surface area (Å²) in [6.07, 6.45) is 16.1. The Balaban J connectivity index is 1.09. The zero-order chi connectivity index (χ0) is 24.5. The molecular weight excluding hydrogens is 448 g/mol. The molecule has 6 rings (SSSR count). The topological polar surface area (TPSA) is 86.8 Å². The molecule has 2 saturated heterocycles. The van der Waals surface area contributed by atoms with E-state index >= 15 is 0 Å². The summed E-state index contributed by atoms with van der Waals surface area (Å²) in [5.74, 6) is 2.80. The summed E-state index contributed by atoms with van der Waals surface area (Å²) in [5.41, 5.74) is 3.08. The maximum atomic E-state index is 11.9. The third-order valence-electron chi connectivity index (χ3n) is 8.10. The zero-order valence-electron chi connectivity index (χ0n) is 21.0. The number of pyridine rings is 2. The van der Waals surface area contributed by atoms with Crippen LogP contribution < -0.4 is 20.9 Å². The first-order valence-corrected chi connectivity index (χ1v) is 13.3. The molecule has 2 aliphatic heterocycles. The van der Waals surface area contributed by atoms with E-state index in [1.807, 2.05) is 12.4 Å². The first kappa shape index (κ1) is 23.0. The van der Waals surface area contributed by atoms with Crippen LogP contribution in [0.25, 0.3) is 23.4 Å². The minimum absolute atomic E-state index is 0.000847. The summed E-state index contributed by atoms with van der Waals surface area (Å²) in [6.45, 7) is 4.07. The van der Waals surface area contributed by atoms with Gasteiger partial charge in [0.2, 0.25) is 5.91 Å². The fourth-order valence-corrected chi connectivity index (χ4v) is 5.84. The summed E-state index contributed by atoms with van der Waals surface area (Å²) < 4.78 is 0. The molecule has 2 fully saturated rings. The minimum Gasteiger partial charge on any atom is -0.356 e. The van der Waals surface area contributed by atoms with Crippen LogP contribution in [-0.4, -0.2) is 44.5 Å². The highest BCUT2D eigenvalue weighted by Crippen LogP contribution is 2.32. The Morgan fingerprint density at radius 1 is 1.08 bits per heavy atom. The maximum absolute atomic E-state index is 11.9. The van der Waals surface area contributed by atoms with E-state index in [9.17, 15) is 4.79 Å². The second kappa shape index (κ2) is 9.52. The van der Waals surface area contributed by atoms with Gasteiger partial charge in [0.1, 0.15) is 11.6 Å². The quantitative estimate of drug-likeness (QED) is 0.584. The fourth-order valence-electron chi connectivity index (χ4n) is 5.84. The van der Waals surface area contributed by atoms with Crippen molar-refractivity contribution in [2.75, 3.05) is 18.0 Å². The molecule has 1 aliphatic carbocycles. The summed E-state index contributed by atoms with van der Waals surface area (Å²) in [5, 5.41) is 5.51. The van der Waals surface area contributed by atoms with Gasteiger partial charge in [-0.15, -0.1) is 0 Å². The first-order chi connectivity index (χ1) is 17.6. The number of imidazole rings is 1. The van der Waals surface area contributed by atoms with Gasteiger partial charge < -0.3 is 15.2 Å². The lowest BCUT2D eigenvalue weighted by Crippen LogP contribution is -2.57. The van der Waals surface area contributed by atoms with E-state index in [0.29, 0.717) is 12.3 Å². The number of rotatable bonds is 5. The van der Waals surface area contributed by atoms with Crippen molar-refractivity contribution in [2.45, 2.75) is 63.8 Å². The Morgan fingerprint density at radius 3 is 2.69 bits per heavy atom. The van der Waals surface area contributed by atoms with Crippen molar-refractivity contribution in [3.63, 3.8) is 0 Å². The second-order valence-electron chi connectivity index (χ2n) is 10.6. The Labute approximate surface area is 211 Å². The van der Waals surface area contributed by atoms with Crippen molar-refractivity contribution in [1.29, 1.82) is 0 Å². The number of amides is 1. The van der Waals surface area contributed by atoms with E-state index in [4.69, 9.17) is 15.0 Å². The van der Waals surface area contributed by atoms with Crippen LogP contribution in [0, 0.1) is 5.92 Å². The van der Waals surface area contributed by atoms with Crippen molar-refractivity contribution in [2.24, 2.45) is 5.92 Å². The second-order valence-corrected chi connectivity index (χ2v) is 10.6. The highest BCUT2D eigenvalue weighted by atomic mass is 16.1. The molecule has 5 heterocycles. The highest BCUT2D eigenvalue weighted by Gasteiger charge is 2.38. The minimum atomic E-state index is 0.000847. The Kier molecular flexibility index (Phi) is 6.07. The molecule has 0 radical (unpaired) electrons. The normalized spacial score (nSPS) is 20.9. The van der Waals surface area contributed by atoms with Gasteiger partial charge in [-0.1, -0.05) is 25.1 Å². The first-order valence-electron chi connectivity index (χ1n) is 13.3. The number of aromatic nitrogens is 4. The molecule has 3 aromatic heterocycles. The van der Waals surface area contributed by atoms with Gasteiger partial charge in [0.25, 0.3) is 0 Å². The molecule has 3 aromatic rings. The average Bonchev–Trinajstić information content (AvgIpc) is 3.31. The molecular formula is C29H34N6O. The number of hydrogen-bond acceptors (Lipinski definition) is 5. The molecule has 7 heteroatoms. The number of hydrogen-bond donors (Lipinski definition) is 2. The van der Waals surface area contributed by atoms with Crippen LogP contribution in [0.1, 0.15) is 63.3 Å². The smallest absolute Gasteiger partial charge is 0.220 e. The number of carbonyl (C=O) groups is 1. The number of H-pyrrole nitrogens is 1. The summed E-state index contributed by atoms with van der Waals surface area (Å²) in [6, 6.07) is 8.39. The van der Waals surface area contributed by atoms with Gasteiger partial charge in [-0.3, -0.25) is 9.78 Å². The van der Waals surface area contributed by atoms with E-state index < -0.39 is 0 Å². The van der Waals surface area contributed by atoms with Gasteiger partial charge in [0, 0.05) is 49.4 Å². The van der Waals surface area contributed by atoms with Crippen LogP contribution in [0.5, 0.6) is 0 Å². The van der Waals surface area contributed by atoms with E-state index in [1.165, 1.54) is 0 Å². The Morgan fingerprint density at radius 2 is 1.97 bits per heavy atom. The number of nitrogens with zero attached hydrogens (tertiary/aromatic N) is 4. The van der Waals surface area contributed by atoms with Gasteiger partial charge in [-0.2, -0.15) is 0 Å². The largest absolute Gasteiger partial charge is 0.356 e. The molecule has 0 saturated carbocycles. The lowest BCUT2D eigenvalue weighted by Gasteiger charge is -2.44. The number of anilines is 1. The highest BCUT2D eigenvalue weighted by molar-refractivity contribution is 5.77. The van der Waals surface area contributed by atoms with Crippen LogP contribution in [0.2, 0.25) is 0 Å². The monoisotopic (exact) mass is 482 g/mol. The third-order valence-corrected chi connectivity index (χ3v) is 8.10. The average molecular weight is 483 g/mol. The fraction of sp³-hybridized carbons (Fsp3) is 0.448. The van der Waals surface area contributed by atoms with Crippen molar-refractivity contribution < 1.29 is 4.79 Å². The number of nitrogens with one attached hydrogen (secondary N) is 2. The molecule has 2 N–H and O–H groups in total. The summed E-state index contributed by atoms with van der Waals surface area (Å²) in [7, 11) is 0. The van der Waals surface area contributed by atoms with Gasteiger partial charge in [-0.05, 0) is 68.2 Å². The SMILES string of the molecule is CCC1C=c2[nH]c(Cc3ccc(-c4ccc(N5CCC6(CCCC(=O)N6)CC5)nc4)nc3)nc2=CC1. The molecule has 186 valence electrons. The van der Waals surface area contributed by atoms with E-state index in [0.717, 1.165) is 97.2 Å². The molecule has 1 spiro atoms. The lowest BCUT2D eigenvalue weighted by molar-refractivity contribution is -0.125. The number of carbonyl (C=O) groups excluding carboxylic acids is 1. The Hall–Kier alpha value is -3.48. The van der Waals surface area contributed by atoms with Crippen LogP contribution in [0.15, 0.2) is 36.7 Å². The molecule has 1 atom stereocenters. The van der Waals surface area contributed by atoms with E-state index in [2.05, 4.69) is 58.5 Å². The maximum Gasteiger partial charge on any atom is 0.220 e. The van der Waals surface area contributed by atoms with Crippen molar-refractivity contribution in [3.05, 3.63) is 58.7 Å². The van der Waals surface area contributed by atoms with Crippen molar-refractivity contribution in [1.82, 2.24) is 25.3 Å². The summed E-state index contributed by atoms with van der Waals surface area (Å²) >= 11 is 0. The molecule has 7 nitrogen and oxygen atoms in total. The van der Waals surface area contributed by atoms with Crippen LogP contribution in [0.3, 0.4) is 0 Å². The van der Waals surface area contributed by atoms with Crippen LogP contribution in [0.4, 0.5) is 5.82 Å². The van der Waals surface area contributed by atoms with Crippen LogP contribution in [-0.2, 0) is 11.2 Å². The van der Waals surface area contributed by atoms with Gasteiger partial charge in [0.05, 0.1) is 16.4 Å². The molecule has 1 amide bonds. The molecule has 0 bridgehead atoms. The van der Waals surface area contributed by atoms with Gasteiger partial charge >= 0.3 is 0 Å². The van der Waals surface area contributed by atoms with E-state index in [-0.39, 0.29) is 11.4 Å². The Bertz CT molecular complexity index is 1350. The zero-order valence-corrected chi connectivity index (χ0v) is 21.0. The standard InChI is InChI=1S/C29H34N6O/c1-2-20-5-9-24-25(16-20)33-26(32-24)17-21-6-8-23(30-18-21)22-7-10-27(31-19-22)35-14-12-29(13-15-35)11-3-4-28(36)34-29/h6-10,16,18-20H,2-5,11-15,17H2,1H3,(H,32,33)(H,34,36). The van der Waals surface area contributed by atoms with Crippen molar-refractivity contribution in [3.8, 4) is 11.3 Å². The third kappa shape index (κ3) is 4.66. The predicted octanol–water partition coefficient (Wildman–Crippen LogP) is 3.09. The molecule has 0 aromatic carbocycles. The van der Waals surface area contributed by atoms with Gasteiger partial charge in [0.15, 0.2) is 0 Å². The number of piperidine rings is 2. The van der Waals surface area contributed by atoms with Crippen molar-refractivity contribution >= 4 is 23.9 Å².